The van der Waals surface area contributed by atoms with Crippen molar-refractivity contribution in [3.63, 3.8) is 0 Å². The van der Waals surface area contributed by atoms with Gasteiger partial charge in [-0.1, -0.05) is 26.3 Å². The highest BCUT2D eigenvalue weighted by Crippen LogP contribution is 2.21. The molecular weight excluding hydrogens is 736 g/mol. The Morgan fingerprint density at radius 3 is 0.481 bits per heavy atom. The maximum atomic E-state index is 9.25. The van der Waals surface area contributed by atoms with Gasteiger partial charge in [0.1, 0.15) is 0 Å². The van der Waals surface area contributed by atoms with Crippen molar-refractivity contribution in [3.8, 4) is 0 Å². The van der Waals surface area contributed by atoms with E-state index in [0.29, 0.717) is 0 Å². The molecular formula is C32H60O22. The van der Waals surface area contributed by atoms with Crippen LogP contribution in [0.15, 0.2) is 50.6 Å². The zero-order chi connectivity index (χ0) is 43.9. The van der Waals surface area contributed by atoms with Crippen LogP contribution in [0.5, 0.6) is 0 Å². The quantitative estimate of drug-likeness (QED) is 0.0406. The van der Waals surface area contributed by atoms with Crippen LogP contribution in [0.2, 0.25) is 0 Å². The number of carboxylic acid groups (broad SMARTS) is 4. The molecule has 0 aliphatic heterocycles. The van der Waals surface area contributed by atoms with Gasteiger partial charge in [0.2, 0.25) is 0 Å². The van der Waals surface area contributed by atoms with E-state index in [1.54, 1.807) is 0 Å². The van der Waals surface area contributed by atoms with Crippen molar-refractivity contribution in [2.45, 2.75) is 0 Å². The summed E-state index contributed by atoms with van der Waals surface area (Å²) < 4.78 is 10.3. The third-order valence-electron chi connectivity index (χ3n) is 6.36. The fourth-order valence-electron chi connectivity index (χ4n) is 2.12. The SMILES string of the molecule is C=CC(=O)O.C=CC(=O)O.C=CC(=O)O.C=CC(=O)O.OCC(CO)(CO)COCC(CO)(CO)CO.OCC(CO)(CO)COCC(CO)(CO)CO. The summed E-state index contributed by atoms with van der Waals surface area (Å²) in [6.45, 7) is 5.83. The lowest BCUT2D eigenvalue weighted by Crippen LogP contribution is -2.43. The Labute approximate surface area is 312 Å². The Morgan fingerprint density at radius 2 is 0.426 bits per heavy atom. The van der Waals surface area contributed by atoms with Crippen LogP contribution in [0.4, 0.5) is 0 Å². The molecule has 0 unspecified atom stereocenters. The highest BCUT2D eigenvalue weighted by atomic mass is 16.5. The highest BCUT2D eigenvalue weighted by Gasteiger charge is 2.34. The first-order valence-electron chi connectivity index (χ1n) is 15.1. The van der Waals surface area contributed by atoms with Crippen molar-refractivity contribution in [1.29, 1.82) is 0 Å². The van der Waals surface area contributed by atoms with Crippen molar-refractivity contribution in [2.75, 3.05) is 106 Å². The Hall–Kier alpha value is -3.72. The summed E-state index contributed by atoms with van der Waals surface area (Å²) in [5, 5.41) is 139. The molecule has 22 heteroatoms. The molecule has 0 atom stereocenters. The summed E-state index contributed by atoms with van der Waals surface area (Å²) in [7, 11) is 0. The van der Waals surface area contributed by atoms with Gasteiger partial charge < -0.3 is 91.2 Å². The third-order valence-corrected chi connectivity index (χ3v) is 6.36. The molecule has 0 saturated carbocycles. The van der Waals surface area contributed by atoms with Crippen molar-refractivity contribution in [1.82, 2.24) is 0 Å². The molecule has 0 saturated heterocycles. The summed E-state index contributed by atoms with van der Waals surface area (Å²) in [6, 6.07) is 0. The molecule has 0 aromatic heterocycles. The molecule has 22 nitrogen and oxygen atoms in total. The molecule has 16 N–H and O–H groups in total. The number of aliphatic carboxylic acids is 4. The second-order valence-electron chi connectivity index (χ2n) is 11.1. The van der Waals surface area contributed by atoms with Crippen molar-refractivity contribution >= 4 is 23.9 Å². The van der Waals surface area contributed by atoms with Gasteiger partial charge in [-0.3, -0.25) is 0 Å². The average Bonchev–Trinajstić information content (AvgIpc) is 3.20. The first-order chi connectivity index (χ1) is 25.2. The molecule has 0 spiro atoms. The van der Waals surface area contributed by atoms with Gasteiger partial charge in [0, 0.05) is 24.3 Å². The van der Waals surface area contributed by atoms with Crippen molar-refractivity contribution in [2.24, 2.45) is 21.7 Å². The van der Waals surface area contributed by atoms with Crippen LogP contribution in [0.3, 0.4) is 0 Å². The molecule has 320 valence electrons. The molecule has 0 rings (SSSR count). The van der Waals surface area contributed by atoms with Crippen molar-refractivity contribution in [3.05, 3.63) is 50.6 Å². The Balaban J connectivity index is -0.000000143. The second-order valence-corrected chi connectivity index (χ2v) is 11.1. The van der Waals surface area contributed by atoms with E-state index < -0.39 is 125 Å². The van der Waals surface area contributed by atoms with E-state index in [2.05, 4.69) is 26.3 Å². The largest absolute Gasteiger partial charge is 0.478 e. The van der Waals surface area contributed by atoms with E-state index in [4.69, 9.17) is 91.2 Å². The zero-order valence-electron chi connectivity index (χ0n) is 30.1. The van der Waals surface area contributed by atoms with Gasteiger partial charge in [-0.15, -0.1) is 0 Å². The Kier molecular flexibility index (Phi) is 45.0. The van der Waals surface area contributed by atoms with Crippen LogP contribution in [0, 0.1) is 21.7 Å². The Bertz CT molecular complexity index is 798. The fraction of sp³-hybridized carbons (Fsp3) is 0.625. The average molecular weight is 797 g/mol. The molecule has 0 aliphatic rings. The lowest BCUT2D eigenvalue weighted by molar-refractivity contribution is -0.132. The molecule has 54 heavy (non-hydrogen) atoms. The molecule has 0 fully saturated rings. The predicted octanol–water partition coefficient (Wildman–Crippen LogP) is -5.11. The summed E-state index contributed by atoms with van der Waals surface area (Å²) >= 11 is 0. The van der Waals surface area contributed by atoms with E-state index in [1.807, 2.05) is 0 Å². The standard InChI is InChI=1S/2C10H22O7.4C3H4O2/c2*11-1-9(2-12,3-13)7-17-8-10(4-14,5-15)6-16;4*1-2-3(4)5/h2*11-16H,1-8H2;4*2H,1H2,(H,4,5). The first-order valence-corrected chi connectivity index (χ1v) is 15.1. The van der Waals surface area contributed by atoms with Crippen LogP contribution in [-0.4, -0.2) is 211 Å². The topological polar surface area (TPSA) is 410 Å². The van der Waals surface area contributed by atoms with E-state index >= 15 is 0 Å². The maximum absolute atomic E-state index is 9.25. The van der Waals surface area contributed by atoms with Gasteiger partial charge in [-0.2, -0.15) is 0 Å². The zero-order valence-corrected chi connectivity index (χ0v) is 30.1. The smallest absolute Gasteiger partial charge is 0.327 e. The van der Waals surface area contributed by atoms with Crippen LogP contribution in [-0.2, 0) is 28.7 Å². The molecule has 0 heterocycles. The van der Waals surface area contributed by atoms with Crippen LogP contribution < -0.4 is 0 Å². The molecule has 0 bridgehead atoms. The highest BCUT2D eigenvalue weighted by molar-refractivity contribution is 5.79. The maximum Gasteiger partial charge on any atom is 0.327 e. The molecule has 0 aromatic carbocycles. The number of carbonyl (C=O) groups is 4. The summed E-state index contributed by atoms with van der Waals surface area (Å²) in [4.78, 5) is 37.0. The predicted molar refractivity (Wildman–Crippen MR) is 188 cm³/mol. The lowest BCUT2D eigenvalue weighted by atomic mass is 9.91. The monoisotopic (exact) mass is 796 g/mol. The van der Waals surface area contributed by atoms with Crippen molar-refractivity contribution < 1.29 is 110 Å². The lowest BCUT2D eigenvalue weighted by Gasteiger charge is -2.31. The van der Waals surface area contributed by atoms with E-state index in [0.717, 1.165) is 24.3 Å². The second kappa shape index (κ2) is 39.0. The minimum absolute atomic E-state index is 0.141. The number of ether oxygens (including phenoxy) is 2. The minimum Gasteiger partial charge on any atom is -0.478 e. The van der Waals surface area contributed by atoms with Gasteiger partial charge in [0.05, 0.1) is 127 Å². The van der Waals surface area contributed by atoms with E-state index in [1.165, 1.54) is 0 Å². The minimum atomic E-state index is -1.16. The van der Waals surface area contributed by atoms with Crippen LogP contribution >= 0.6 is 0 Å². The number of aliphatic hydroxyl groups excluding tert-OH is 12. The summed E-state index contributed by atoms with van der Waals surface area (Å²) in [5.74, 6) is -3.93. The van der Waals surface area contributed by atoms with E-state index in [9.17, 15) is 19.2 Å². The first kappa shape index (κ1) is 62.3. The van der Waals surface area contributed by atoms with Gasteiger partial charge >= 0.3 is 23.9 Å². The normalized spacial score (nSPS) is 10.6. The van der Waals surface area contributed by atoms with Gasteiger partial charge in [-0.25, -0.2) is 19.2 Å². The number of hydrogen-bond donors (Lipinski definition) is 16. The summed E-state index contributed by atoms with van der Waals surface area (Å²) in [5.41, 5.74) is -4.64. The molecule has 0 radical (unpaired) electrons. The third kappa shape index (κ3) is 34.1. The van der Waals surface area contributed by atoms with Gasteiger partial charge in [-0.05, 0) is 0 Å². The van der Waals surface area contributed by atoms with Gasteiger partial charge in [0.15, 0.2) is 0 Å². The Morgan fingerprint density at radius 1 is 0.333 bits per heavy atom. The molecule has 0 aromatic rings. The fourth-order valence-corrected chi connectivity index (χ4v) is 2.12. The number of aliphatic hydroxyl groups is 12. The summed E-state index contributed by atoms with van der Waals surface area (Å²) in [6.07, 6.45) is 3.33. The molecule has 0 aliphatic carbocycles. The van der Waals surface area contributed by atoms with Crippen LogP contribution in [0.25, 0.3) is 0 Å². The van der Waals surface area contributed by atoms with Crippen LogP contribution in [0.1, 0.15) is 0 Å². The number of carboxylic acids is 4. The number of hydrogen-bond acceptors (Lipinski definition) is 18. The molecule has 0 amide bonds. The van der Waals surface area contributed by atoms with Gasteiger partial charge in [0.25, 0.3) is 0 Å². The van der Waals surface area contributed by atoms with E-state index in [-0.39, 0.29) is 26.4 Å². The number of rotatable bonds is 24.